The fourth-order valence-electron chi connectivity index (χ4n) is 2.20. The number of amides is 1. The summed E-state index contributed by atoms with van der Waals surface area (Å²) in [6.45, 7) is 6.72. The number of likely N-dealkylation sites (tertiary alicyclic amines) is 1. The first kappa shape index (κ1) is 13.4. The number of carbonyl (C=O) groups excluding carboxylic acids is 1. The molecular formula is C11H24N4O. The number of rotatable bonds is 4. The molecule has 1 aliphatic heterocycles. The Morgan fingerprint density at radius 3 is 2.62 bits per heavy atom. The van der Waals surface area contributed by atoms with Crippen molar-refractivity contribution in [3.8, 4) is 0 Å². The maximum atomic E-state index is 11.6. The quantitative estimate of drug-likeness (QED) is 0.392. The molecule has 1 amide bonds. The Morgan fingerprint density at radius 1 is 1.56 bits per heavy atom. The van der Waals surface area contributed by atoms with Crippen LogP contribution in [0.15, 0.2) is 0 Å². The lowest BCUT2D eigenvalue weighted by molar-refractivity contribution is -0.130. The highest BCUT2D eigenvalue weighted by Gasteiger charge is 2.33. The van der Waals surface area contributed by atoms with E-state index in [0.717, 1.165) is 19.6 Å². The van der Waals surface area contributed by atoms with E-state index in [4.69, 9.17) is 5.84 Å². The lowest BCUT2D eigenvalue weighted by atomic mass is 9.92. The summed E-state index contributed by atoms with van der Waals surface area (Å²) in [5.41, 5.74) is 1.82. The van der Waals surface area contributed by atoms with E-state index in [9.17, 15) is 4.79 Å². The van der Waals surface area contributed by atoms with Gasteiger partial charge in [0.05, 0.1) is 5.41 Å². The van der Waals surface area contributed by atoms with Crippen molar-refractivity contribution < 1.29 is 4.79 Å². The average molecular weight is 228 g/mol. The smallest absolute Gasteiger partial charge is 0.240 e. The molecule has 5 heteroatoms. The van der Waals surface area contributed by atoms with E-state index in [1.165, 1.54) is 6.42 Å². The van der Waals surface area contributed by atoms with Crippen LogP contribution in [0, 0.1) is 5.41 Å². The van der Waals surface area contributed by atoms with Gasteiger partial charge >= 0.3 is 0 Å². The molecule has 5 nitrogen and oxygen atoms in total. The summed E-state index contributed by atoms with van der Waals surface area (Å²) in [4.78, 5) is 16.1. The molecule has 1 aliphatic rings. The SMILES string of the molecule is CN(C)C1CCN(CC(C)(C)C(=O)NN)C1. The van der Waals surface area contributed by atoms with Gasteiger partial charge < -0.3 is 9.80 Å². The van der Waals surface area contributed by atoms with Crippen LogP contribution >= 0.6 is 0 Å². The number of hydrazine groups is 1. The Hall–Kier alpha value is -0.650. The van der Waals surface area contributed by atoms with Crippen LogP contribution in [0.25, 0.3) is 0 Å². The van der Waals surface area contributed by atoms with Crippen LogP contribution in [0.1, 0.15) is 20.3 Å². The summed E-state index contributed by atoms with van der Waals surface area (Å²) in [5.74, 6) is 5.09. The van der Waals surface area contributed by atoms with E-state index < -0.39 is 5.41 Å². The van der Waals surface area contributed by atoms with E-state index in [-0.39, 0.29) is 5.91 Å². The van der Waals surface area contributed by atoms with Crippen LogP contribution in [-0.4, -0.2) is 55.5 Å². The summed E-state index contributed by atoms with van der Waals surface area (Å²) in [6.07, 6.45) is 1.17. The van der Waals surface area contributed by atoms with E-state index >= 15 is 0 Å². The Kier molecular flexibility index (Phi) is 4.29. The van der Waals surface area contributed by atoms with Crippen molar-refractivity contribution in [2.75, 3.05) is 33.7 Å². The van der Waals surface area contributed by atoms with Crippen LogP contribution in [0.4, 0.5) is 0 Å². The number of nitrogens with two attached hydrogens (primary N) is 1. The molecule has 1 rings (SSSR count). The summed E-state index contributed by atoms with van der Waals surface area (Å²) >= 11 is 0. The Labute approximate surface area is 97.9 Å². The third kappa shape index (κ3) is 3.17. The fourth-order valence-corrected chi connectivity index (χ4v) is 2.20. The summed E-state index contributed by atoms with van der Waals surface area (Å²) in [6, 6.07) is 0.608. The normalized spacial score (nSPS) is 22.8. The van der Waals surface area contributed by atoms with E-state index in [0.29, 0.717) is 6.04 Å². The molecular weight excluding hydrogens is 204 g/mol. The van der Waals surface area contributed by atoms with E-state index in [1.807, 2.05) is 13.8 Å². The first-order valence-corrected chi connectivity index (χ1v) is 5.76. The minimum absolute atomic E-state index is 0.0965. The molecule has 0 spiro atoms. The van der Waals surface area contributed by atoms with Crippen molar-refractivity contribution in [1.82, 2.24) is 15.2 Å². The molecule has 1 heterocycles. The van der Waals surface area contributed by atoms with Crippen molar-refractivity contribution >= 4 is 5.91 Å². The second-order valence-corrected chi connectivity index (χ2v) is 5.50. The van der Waals surface area contributed by atoms with Crippen molar-refractivity contribution in [2.24, 2.45) is 11.3 Å². The zero-order valence-electron chi connectivity index (χ0n) is 10.8. The molecule has 0 radical (unpaired) electrons. The maximum Gasteiger partial charge on any atom is 0.240 e. The number of likely N-dealkylation sites (N-methyl/N-ethyl adjacent to an activating group) is 1. The van der Waals surface area contributed by atoms with Crippen molar-refractivity contribution in [2.45, 2.75) is 26.3 Å². The molecule has 0 aromatic carbocycles. The average Bonchev–Trinajstić information content (AvgIpc) is 2.64. The van der Waals surface area contributed by atoms with Gasteiger partial charge in [0.15, 0.2) is 0 Å². The number of nitrogens with one attached hydrogen (secondary N) is 1. The van der Waals surface area contributed by atoms with Crippen LogP contribution < -0.4 is 11.3 Å². The van der Waals surface area contributed by atoms with Crippen LogP contribution in [-0.2, 0) is 4.79 Å². The van der Waals surface area contributed by atoms with Gasteiger partial charge in [0.2, 0.25) is 5.91 Å². The van der Waals surface area contributed by atoms with Gasteiger partial charge in [-0.05, 0) is 40.9 Å². The van der Waals surface area contributed by atoms with Gasteiger partial charge in [0, 0.05) is 19.1 Å². The zero-order valence-corrected chi connectivity index (χ0v) is 10.8. The first-order valence-electron chi connectivity index (χ1n) is 5.76. The van der Waals surface area contributed by atoms with Gasteiger partial charge in [-0.2, -0.15) is 0 Å². The van der Waals surface area contributed by atoms with Gasteiger partial charge in [-0.1, -0.05) is 0 Å². The number of hydrogen-bond donors (Lipinski definition) is 2. The van der Waals surface area contributed by atoms with Gasteiger partial charge in [-0.15, -0.1) is 0 Å². The molecule has 0 aromatic rings. The zero-order chi connectivity index (χ0) is 12.3. The molecule has 0 saturated carbocycles. The second-order valence-electron chi connectivity index (χ2n) is 5.50. The van der Waals surface area contributed by atoms with Crippen molar-refractivity contribution in [3.63, 3.8) is 0 Å². The predicted octanol–water partition coefficient (Wildman–Crippen LogP) is -0.362. The Balaban J connectivity index is 2.47. The first-order chi connectivity index (χ1) is 7.36. The third-order valence-electron chi connectivity index (χ3n) is 3.34. The number of carbonyl (C=O) groups is 1. The summed E-state index contributed by atoms with van der Waals surface area (Å²) in [5, 5.41) is 0. The molecule has 0 aromatic heterocycles. The van der Waals surface area contributed by atoms with Gasteiger partial charge in [-0.3, -0.25) is 10.2 Å². The van der Waals surface area contributed by atoms with Crippen molar-refractivity contribution in [3.05, 3.63) is 0 Å². The molecule has 0 aliphatic carbocycles. The van der Waals surface area contributed by atoms with Crippen LogP contribution in [0.3, 0.4) is 0 Å². The molecule has 16 heavy (non-hydrogen) atoms. The molecule has 3 N–H and O–H groups in total. The highest BCUT2D eigenvalue weighted by Crippen LogP contribution is 2.21. The highest BCUT2D eigenvalue weighted by atomic mass is 16.2. The molecule has 1 unspecified atom stereocenters. The Bertz CT molecular complexity index is 252. The summed E-state index contributed by atoms with van der Waals surface area (Å²) in [7, 11) is 4.21. The molecule has 1 atom stereocenters. The van der Waals surface area contributed by atoms with Crippen LogP contribution in [0.2, 0.25) is 0 Å². The Morgan fingerprint density at radius 2 is 2.19 bits per heavy atom. The monoisotopic (exact) mass is 228 g/mol. The molecule has 1 fully saturated rings. The lowest BCUT2D eigenvalue weighted by Crippen LogP contribution is -2.47. The van der Waals surface area contributed by atoms with Gasteiger partial charge in [-0.25, -0.2) is 5.84 Å². The van der Waals surface area contributed by atoms with E-state index in [1.54, 1.807) is 0 Å². The second kappa shape index (κ2) is 5.12. The topological polar surface area (TPSA) is 61.6 Å². The van der Waals surface area contributed by atoms with Crippen LogP contribution in [0.5, 0.6) is 0 Å². The molecule has 94 valence electrons. The highest BCUT2D eigenvalue weighted by molar-refractivity contribution is 5.81. The minimum atomic E-state index is -0.421. The summed E-state index contributed by atoms with van der Waals surface area (Å²) < 4.78 is 0. The standard InChI is InChI=1S/C11H24N4O/c1-11(2,10(16)13-12)8-15-6-5-9(7-15)14(3)4/h9H,5-8,12H2,1-4H3,(H,13,16). The molecule has 0 bridgehead atoms. The third-order valence-corrected chi connectivity index (χ3v) is 3.34. The van der Waals surface area contributed by atoms with Gasteiger partial charge in [0.25, 0.3) is 0 Å². The lowest BCUT2D eigenvalue weighted by Gasteiger charge is -2.28. The largest absolute Gasteiger partial charge is 0.305 e. The predicted molar refractivity (Wildman–Crippen MR) is 64.6 cm³/mol. The number of hydrogen-bond acceptors (Lipinski definition) is 4. The fraction of sp³-hybridized carbons (Fsp3) is 0.909. The number of nitrogens with zero attached hydrogens (tertiary/aromatic N) is 2. The molecule has 1 saturated heterocycles. The maximum absolute atomic E-state index is 11.6. The van der Waals surface area contributed by atoms with Gasteiger partial charge in [0.1, 0.15) is 0 Å². The minimum Gasteiger partial charge on any atom is -0.305 e. The van der Waals surface area contributed by atoms with Crippen molar-refractivity contribution in [1.29, 1.82) is 0 Å². The van der Waals surface area contributed by atoms with E-state index in [2.05, 4.69) is 29.3 Å².